The lowest BCUT2D eigenvalue weighted by molar-refractivity contribution is 0.415. The molecule has 2 aromatic heterocycles. The van der Waals surface area contributed by atoms with Crippen molar-refractivity contribution in [3.63, 3.8) is 0 Å². The molecule has 0 aliphatic rings. The van der Waals surface area contributed by atoms with Gasteiger partial charge in [-0.3, -0.25) is 0 Å². The number of para-hydroxylation sites is 2. The normalized spacial score (nSPS) is 12.1. The second kappa shape index (κ2) is 5.97. The summed E-state index contributed by atoms with van der Waals surface area (Å²) in [4.78, 5) is 0.971. The lowest BCUT2D eigenvalue weighted by Gasteiger charge is -2.14. The van der Waals surface area contributed by atoms with E-state index in [4.69, 9.17) is 9.15 Å². The number of ether oxygens (including phenoxy) is 1. The first kappa shape index (κ1) is 13.6. The van der Waals surface area contributed by atoms with E-state index in [9.17, 15) is 0 Å². The van der Waals surface area contributed by atoms with Gasteiger partial charge in [0.2, 0.25) is 5.89 Å². The fourth-order valence-electron chi connectivity index (χ4n) is 1.97. The molecule has 5 nitrogen and oxygen atoms in total. The number of aromatic nitrogens is 2. The molecule has 2 heterocycles. The minimum absolute atomic E-state index is 0.109. The first-order valence-electron chi connectivity index (χ1n) is 6.55. The Labute approximate surface area is 126 Å². The minimum atomic E-state index is -0.109. The van der Waals surface area contributed by atoms with Crippen LogP contribution < -0.4 is 10.1 Å². The van der Waals surface area contributed by atoms with Gasteiger partial charge in [-0.05, 0) is 30.5 Å². The number of benzene rings is 1. The summed E-state index contributed by atoms with van der Waals surface area (Å²) in [6, 6.07) is 11.5. The third-order valence-corrected chi connectivity index (χ3v) is 3.88. The van der Waals surface area contributed by atoms with E-state index in [-0.39, 0.29) is 6.04 Å². The SMILES string of the molecule is COc1ccccc1N[C@@H](C)c1nnc(-c2cccs2)o1. The Kier molecular flexibility index (Phi) is 3.87. The number of thiophene rings is 1. The average Bonchev–Trinajstić information content (AvgIpc) is 3.18. The van der Waals surface area contributed by atoms with Gasteiger partial charge in [0.05, 0.1) is 17.7 Å². The van der Waals surface area contributed by atoms with Crippen LogP contribution in [0.15, 0.2) is 46.2 Å². The van der Waals surface area contributed by atoms with Crippen molar-refractivity contribution in [1.29, 1.82) is 0 Å². The number of methoxy groups -OCH3 is 1. The highest BCUT2D eigenvalue weighted by molar-refractivity contribution is 7.13. The van der Waals surface area contributed by atoms with Crippen LogP contribution in [0, 0.1) is 0 Å². The molecule has 0 aliphatic heterocycles. The smallest absolute Gasteiger partial charge is 0.257 e. The maximum absolute atomic E-state index is 5.72. The van der Waals surface area contributed by atoms with Crippen molar-refractivity contribution in [2.45, 2.75) is 13.0 Å². The highest BCUT2D eigenvalue weighted by Crippen LogP contribution is 2.29. The van der Waals surface area contributed by atoms with Crippen molar-refractivity contribution >= 4 is 17.0 Å². The molecule has 3 aromatic rings. The Morgan fingerprint density at radius 2 is 2.05 bits per heavy atom. The zero-order chi connectivity index (χ0) is 14.7. The van der Waals surface area contributed by atoms with Gasteiger partial charge in [-0.1, -0.05) is 18.2 Å². The summed E-state index contributed by atoms with van der Waals surface area (Å²) in [6.45, 7) is 1.97. The van der Waals surface area contributed by atoms with E-state index in [2.05, 4.69) is 15.5 Å². The van der Waals surface area contributed by atoms with Crippen molar-refractivity contribution in [1.82, 2.24) is 10.2 Å². The van der Waals surface area contributed by atoms with Crippen LogP contribution in [-0.4, -0.2) is 17.3 Å². The number of nitrogens with zero attached hydrogens (tertiary/aromatic N) is 2. The Bertz CT molecular complexity index is 709. The van der Waals surface area contributed by atoms with Gasteiger partial charge in [-0.2, -0.15) is 0 Å². The highest BCUT2D eigenvalue weighted by atomic mass is 32.1. The lowest BCUT2D eigenvalue weighted by Crippen LogP contribution is -2.08. The maximum Gasteiger partial charge on any atom is 0.257 e. The Hall–Kier alpha value is -2.34. The summed E-state index contributed by atoms with van der Waals surface area (Å²) in [5, 5.41) is 13.5. The van der Waals surface area contributed by atoms with Gasteiger partial charge in [0.25, 0.3) is 5.89 Å². The molecule has 6 heteroatoms. The van der Waals surface area contributed by atoms with Crippen LogP contribution in [0.3, 0.4) is 0 Å². The largest absolute Gasteiger partial charge is 0.495 e. The average molecular weight is 301 g/mol. The zero-order valence-electron chi connectivity index (χ0n) is 11.7. The van der Waals surface area contributed by atoms with Crippen LogP contribution in [0.25, 0.3) is 10.8 Å². The van der Waals surface area contributed by atoms with Crippen LogP contribution in [0.2, 0.25) is 0 Å². The van der Waals surface area contributed by atoms with Crippen molar-refractivity contribution < 1.29 is 9.15 Å². The van der Waals surface area contributed by atoms with E-state index in [1.54, 1.807) is 18.4 Å². The molecule has 0 fully saturated rings. The molecule has 0 saturated carbocycles. The minimum Gasteiger partial charge on any atom is -0.495 e. The first-order chi connectivity index (χ1) is 10.3. The molecule has 108 valence electrons. The second-order valence-electron chi connectivity index (χ2n) is 4.49. The van der Waals surface area contributed by atoms with E-state index in [0.29, 0.717) is 11.8 Å². The molecule has 1 atom stereocenters. The Balaban J connectivity index is 1.78. The molecular weight excluding hydrogens is 286 g/mol. The molecule has 0 amide bonds. The van der Waals surface area contributed by atoms with Gasteiger partial charge in [0.15, 0.2) is 0 Å². The number of hydrogen-bond donors (Lipinski definition) is 1. The predicted molar refractivity (Wildman–Crippen MR) is 82.6 cm³/mol. The predicted octanol–water partition coefficient (Wildman–Crippen LogP) is 3.98. The van der Waals surface area contributed by atoms with Gasteiger partial charge in [-0.25, -0.2) is 0 Å². The number of nitrogens with one attached hydrogen (secondary N) is 1. The van der Waals surface area contributed by atoms with Crippen molar-refractivity contribution in [3.8, 4) is 16.5 Å². The summed E-state index contributed by atoms with van der Waals surface area (Å²) in [6.07, 6.45) is 0. The highest BCUT2D eigenvalue weighted by Gasteiger charge is 2.16. The maximum atomic E-state index is 5.72. The molecule has 0 unspecified atom stereocenters. The molecule has 0 aliphatic carbocycles. The van der Waals surface area contributed by atoms with Crippen LogP contribution >= 0.6 is 11.3 Å². The fourth-order valence-corrected chi connectivity index (χ4v) is 2.61. The van der Waals surface area contributed by atoms with Gasteiger partial charge in [0.1, 0.15) is 11.8 Å². The Morgan fingerprint density at radius 3 is 2.81 bits per heavy atom. The third kappa shape index (κ3) is 2.90. The van der Waals surface area contributed by atoms with Crippen LogP contribution in [0.4, 0.5) is 5.69 Å². The molecule has 0 saturated heterocycles. The zero-order valence-corrected chi connectivity index (χ0v) is 12.6. The summed E-state index contributed by atoms with van der Waals surface area (Å²) >= 11 is 1.57. The molecule has 0 bridgehead atoms. The third-order valence-electron chi connectivity index (χ3n) is 3.02. The van der Waals surface area contributed by atoms with E-state index >= 15 is 0 Å². The number of hydrogen-bond acceptors (Lipinski definition) is 6. The van der Waals surface area contributed by atoms with Crippen LogP contribution in [0.1, 0.15) is 18.9 Å². The van der Waals surface area contributed by atoms with Gasteiger partial charge < -0.3 is 14.5 Å². The van der Waals surface area contributed by atoms with Gasteiger partial charge in [-0.15, -0.1) is 21.5 Å². The van der Waals surface area contributed by atoms with Gasteiger partial charge >= 0.3 is 0 Å². The summed E-state index contributed by atoms with van der Waals surface area (Å²) < 4.78 is 11.0. The molecule has 0 spiro atoms. The summed E-state index contributed by atoms with van der Waals surface area (Å²) in [7, 11) is 1.65. The van der Waals surface area contributed by atoms with E-state index < -0.39 is 0 Å². The molecule has 21 heavy (non-hydrogen) atoms. The van der Waals surface area contributed by atoms with Crippen LogP contribution in [0.5, 0.6) is 5.75 Å². The second-order valence-corrected chi connectivity index (χ2v) is 5.44. The summed E-state index contributed by atoms with van der Waals surface area (Å²) in [5.74, 6) is 1.88. The van der Waals surface area contributed by atoms with Crippen molar-refractivity contribution in [2.24, 2.45) is 0 Å². The molecule has 1 aromatic carbocycles. The number of anilines is 1. The molecular formula is C15H15N3O2S. The fraction of sp³-hybridized carbons (Fsp3) is 0.200. The number of rotatable bonds is 5. The standard InChI is InChI=1S/C15H15N3O2S/c1-10(16-11-6-3-4-7-12(11)19-2)14-17-18-15(20-14)13-8-5-9-21-13/h3-10,16H,1-2H3/t10-/m0/s1. The van der Waals surface area contributed by atoms with Crippen molar-refractivity contribution in [3.05, 3.63) is 47.7 Å². The van der Waals surface area contributed by atoms with E-state index in [1.807, 2.05) is 48.7 Å². The molecule has 3 rings (SSSR count). The van der Waals surface area contributed by atoms with Crippen LogP contribution in [-0.2, 0) is 0 Å². The van der Waals surface area contributed by atoms with Gasteiger partial charge in [0, 0.05) is 0 Å². The van der Waals surface area contributed by atoms with E-state index in [1.165, 1.54) is 0 Å². The molecule has 1 N–H and O–H groups in total. The van der Waals surface area contributed by atoms with Crippen molar-refractivity contribution in [2.75, 3.05) is 12.4 Å². The Morgan fingerprint density at radius 1 is 1.19 bits per heavy atom. The summed E-state index contributed by atoms with van der Waals surface area (Å²) in [5.41, 5.74) is 0.892. The van der Waals surface area contributed by atoms with E-state index in [0.717, 1.165) is 16.3 Å². The lowest BCUT2D eigenvalue weighted by atomic mass is 10.2. The molecule has 0 radical (unpaired) electrons. The topological polar surface area (TPSA) is 60.2 Å². The monoisotopic (exact) mass is 301 g/mol. The first-order valence-corrected chi connectivity index (χ1v) is 7.42. The quantitative estimate of drug-likeness (QED) is 0.772.